The van der Waals surface area contributed by atoms with Crippen LogP contribution in [0.2, 0.25) is 0 Å². The number of amides is 2. The van der Waals surface area contributed by atoms with Crippen LogP contribution in [0.1, 0.15) is 56.0 Å². The number of alkyl carbamates (subject to hydrolysis) is 1. The van der Waals surface area contributed by atoms with Gasteiger partial charge in [0.15, 0.2) is 0 Å². The zero-order chi connectivity index (χ0) is 32.9. The fraction of sp³-hybridized carbons (Fsp3) is 0.324. The molecule has 0 aliphatic heterocycles. The number of nitrogens with zero attached hydrogens (tertiary/aromatic N) is 2. The number of H-pyrrole nitrogens is 1. The molecule has 242 valence electrons. The summed E-state index contributed by atoms with van der Waals surface area (Å²) in [5, 5.41) is 13.9. The van der Waals surface area contributed by atoms with Crippen molar-refractivity contribution in [2.75, 3.05) is 30.5 Å². The maximum atomic E-state index is 13.2. The summed E-state index contributed by atoms with van der Waals surface area (Å²) in [5.74, 6) is 0.562. The molecule has 0 radical (unpaired) electrons. The van der Waals surface area contributed by atoms with E-state index in [1.165, 1.54) is 12.0 Å². The van der Waals surface area contributed by atoms with E-state index in [4.69, 9.17) is 24.6 Å². The fourth-order valence-corrected chi connectivity index (χ4v) is 4.67. The van der Waals surface area contributed by atoms with Crippen molar-refractivity contribution < 1.29 is 28.6 Å². The molecule has 0 fully saturated rings. The number of rotatable bonds is 14. The number of ether oxygens (including phenoxy) is 3. The summed E-state index contributed by atoms with van der Waals surface area (Å²) in [6.07, 6.45) is 2.79. The number of amidine groups is 1. The lowest BCUT2D eigenvalue weighted by atomic mass is 10.2. The lowest BCUT2D eigenvalue weighted by Gasteiger charge is -2.22. The molecule has 4 aromatic rings. The molecule has 0 spiro atoms. The molecular weight excluding hydrogens is 588 g/mol. The predicted molar refractivity (Wildman–Crippen MR) is 176 cm³/mol. The standard InChI is InChI=1S/C34H40N6O6/c1-4-5-6-10-21-45-33(42)39-32(35)24-13-15-25(16-14-24)36-22-29-37-27-17-18-28(23(2)31(27)38-29)46-34(43)40(20-19-30(41)44-3)26-11-8-7-9-12-26/h7-9,11-18,36H,4-6,10,19-22H2,1-3H3,(H,37,38)(H2,35,39,42). The van der Waals surface area contributed by atoms with Crippen LogP contribution >= 0.6 is 0 Å². The first-order valence-corrected chi connectivity index (χ1v) is 15.2. The highest BCUT2D eigenvalue weighted by Crippen LogP contribution is 2.27. The number of benzene rings is 3. The van der Waals surface area contributed by atoms with Crippen molar-refractivity contribution in [1.29, 1.82) is 5.41 Å². The van der Waals surface area contributed by atoms with Gasteiger partial charge in [0, 0.05) is 29.0 Å². The first kappa shape index (κ1) is 33.5. The second kappa shape index (κ2) is 16.6. The summed E-state index contributed by atoms with van der Waals surface area (Å²) in [5.41, 5.74) is 4.08. The third kappa shape index (κ3) is 9.31. The molecule has 0 saturated carbocycles. The summed E-state index contributed by atoms with van der Waals surface area (Å²) in [4.78, 5) is 46.3. The van der Waals surface area contributed by atoms with Gasteiger partial charge in [-0.25, -0.2) is 14.6 Å². The molecule has 0 aliphatic carbocycles. The Morgan fingerprint density at radius 1 is 0.978 bits per heavy atom. The zero-order valence-corrected chi connectivity index (χ0v) is 26.4. The molecule has 0 aliphatic rings. The number of aromatic nitrogens is 2. The van der Waals surface area contributed by atoms with Gasteiger partial charge in [0.25, 0.3) is 0 Å². The van der Waals surface area contributed by atoms with Crippen molar-refractivity contribution >= 4 is 46.4 Å². The van der Waals surface area contributed by atoms with Crippen LogP contribution in [-0.2, 0) is 20.8 Å². The van der Waals surface area contributed by atoms with Crippen molar-refractivity contribution in [1.82, 2.24) is 15.3 Å². The Balaban J connectivity index is 1.34. The summed E-state index contributed by atoms with van der Waals surface area (Å²) >= 11 is 0. The Hall–Kier alpha value is -5.39. The molecule has 3 aromatic carbocycles. The van der Waals surface area contributed by atoms with Gasteiger partial charge >= 0.3 is 18.2 Å². The van der Waals surface area contributed by atoms with Gasteiger partial charge in [-0.05, 0) is 61.9 Å². The molecular formula is C34H40N6O6. The number of imidazole rings is 1. The molecule has 0 saturated heterocycles. The molecule has 12 heteroatoms. The van der Waals surface area contributed by atoms with Gasteiger partial charge in [0.05, 0.1) is 37.7 Å². The number of carbonyl (C=O) groups excluding carboxylic acids is 3. The Morgan fingerprint density at radius 3 is 2.46 bits per heavy atom. The van der Waals surface area contributed by atoms with Crippen molar-refractivity contribution in [2.45, 2.75) is 52.5 Å². The van der Waals surface area contributed by atoms with Crippen LogP contribution in [-0.4, -0.2) is 54.2 Å². The number of nitrogens with one attached hydrogen (secondary N) is 4. The average Bonchev–Trinajstić information content (AvgIpc) is 3.49. The summed E-state index contributed by atoms with van der Waals surface area (Å²) in [7, 11) is 1.31. The van der Waals surface area contributed by atoms with Crippen LogP contribution in [0.3, 0.4) is 0 Å². The predicted octanol–water partition coefficient (Wildman–Crippen LogP) is 6.68. The van der Waals surface area contributed by atoms with E-state index in [-0.39, 0.29) is 18.8 Å². The number of methoxy groups -OCH3 is 1. The van der Waals surface area contributed by atoms with E-state index in [0.717, 1.165) is 36.9 Å². The van der Waals surface area contributed by atoms with Crippen molar-refractivity contribution in [3.8, 4) is 5.75 Å². The summed E-state index contributed by atoms with van der Waals surface area (Å²) in [6, 6.07) is 19.6. The second-order valence-electron chi connectivity index (χ2n) is 10.6. The van der Waals surface area contributed by atoms with Gasteiger partial charge in [-0.2, -0.15) is 0 Å². The van der Waals surface area contributed by atoms with Gasteiger partial charge in [0.2, 0.25) is 0 Å². The number of carbonyl (C=O) groups is 3. The maximum absolute atomic E-state index is 13.2. The van der Waals surface area contributed by atoms with Gasteiger partial charge in [-0.15, -0.1) is 0 Å². The molecule has 0 bridgehead atoms. The molecule has 12 nitrogen and oxygen atoms in total. The molecule has 1 heterocycles. The van der Waals surface area contributed by atoms with Crippen LogP contribution in [0, 0.1) is 12.3 Å². The highest BCUT2D eigenvalue weighted by Gasteiger charge is 2.21. The SMILES string of the molecule is CCCCCCOC(=O)NC(=N)c1ccc(NCc2nc3c(C)c(OC(=O)N(CCC(=O)OC)c4ccccc4)ccc3[nH]2)cc1. The van der Waals surface area contributed by atoms with Gasteiger partial charge < -0.3 is 24.5 Å². The monoisotopic (exact) mass is 628 g/mol. The van der Waals surface area contributed by atoms with E-state index in [0.29, 0.717) is 47.1 Å². The van der Waals surface area contributed by atoms with Gasteiger partial charge in [0.1, 0.15) is 17.4 Å². The molecule has 0 atom stereocenters. The first-order chi connectivity index (χ1) is 22.3. The third-order valence-corrected chi connectivity index (χ3v) is 7.25. The topological polar surface area (TPSA) is 159 Å². The number of para-hydroxylation sites is 1. The Kier molecular flexibility index (Phi) is 12.1. The van der Waals surface area contributed by atoms with E-state index in [1.807, 2.05) is 25.1 Å². The van der Waals surface area contributed by atoms with Crippen LogP contribution in [0.5, 0.6) is 5.75 Å². The average molecular weight is 629 g/mol. The van der Waals surface area contributed by atoms with E-state index >= 15 is 0 Å². The number of hydrogen-bond donors (Lipinski definition) is 4. The molecule has 4 N–H and O–H groups in total. The minimum absolute atomic E-state index is 0.0181. The van der Waals surface area contributed by atoms with E-state index < -0.39 is 18.2 Å². The maximum Gasteiger partial charge on any atom is 0.419 e. The minimum atomic E-state index is -0.631. The molecule has 1 aromatic heterocycles. The van der Waals surface area contributed by atoms with E-state index in [1.54, 1.807) is 48.5 Å². The Morgan fingerprint density at radius 2 is 1.74 bits per heavy atom. The number of aromatic amines is 1. The molecule has 2 amide bonds. The number of anilines is 2. The molecule has 4 rings (SSSR count). The Bertz CT molecular complexity index is 1640. The minimum Gasteiger partial charge on any atom is -0.469 e. The van der Waals surface area contributed by atoms with Crippen LogP contribution in [0.25, 0.3) is 11.0 Å². The van der Waals surface area contributed by atoms with Crippen molar-refractivity contribution in [3.05, 3.63) is 83.7 Å². The number of fused-ring (bicyclic) bond motifs is 1. The lowest BCUT2D eigenvalue weighted by molar-refractivity contribution is -0.140. The number of unbranched alkanes of at least 4 members (excludes halogenated alkanes) is 3. The highest BCUT2D eigenvalue weighted by atomic mass is 16.6. The normalized spacial score (nSPS) is 10.7. The van der Waals surface area contributed by atoms with Crippen LogP contribution in [0.4, 0.5) is 21.0 Å². The third-order valence-electron chi connectivity index (χ3n) is 7.25. The zero-order valence-electron chi connectivity index (χ0n) is 26.4. The molecule has 0 unspecified atom stereocenters. The fourth-order valence-electron chi connectivity index (χ4n) is 4.67. The lowest BCUT2D eigenvalue weighted by Crippen LogP contribution is -2.35. The first-order valence-electron chi connectivity index (χ1n) is 15.2. The van der Waals surface area contributed by atoms with Crippen molar-refractivity contribution in [3.63, 3.8) is 0 Å². The second-order valence-corrected chi connectivity index (χ2v) is 10.6. The number of hydrogen-bond acceptors (Lipinski definition) is 9. The quantitative estimate of drug-likeness (QED) is 0.0521. The summed E-state index contributed by atoms with van der Waals surface area (Å²) in [6.45, 7) is 4.76. The van der Waals surface area contributed by atoms with Crippen LogP contribution in [0.15, 0.2) is 66.7 Å². The Labute approximate surface area is 268 Å². The number of aryl methyl sites for hydroxylation is 1. The largest absolute Gasteiger partial charge is 0.469 e. The van der Waals surface area contributed by atoms with E-state index in [9.17, 15) is 14.4 Å². The number of esters is 1. The van der Waals surface area contributed by atoms with E-state index in [2.05, 4.69) is 22.5 Å². The molecule has 46 heavy (non-hydrogen) atoms. The van der Waals surface area contributed by atoms with Gasteiger partial charge in [-0.3, -0.25) is 20.4 Å². The van der Waals surface area contributed by atoms with Crippen LogP contribution < -0.4 is 20.3 Å². The van der Waals surface area contributed by atoms with Crippen molar-refractivity contribution in [2.24, 2.45) is 0 Å². The van der Waals surface area contributed by atoms with Gasteiger partial charge in [-0.1, -0.05) is 44.4 Å². The highest BCUT2D eigenvalue weighted by molar-refractivity contribution is 6.04. The summed E-state index contributed by atoms with van der Waals surface area (Å²) < 4.78 is 15.7. The smallest absolute Gasteiger partial charge is 0.419 e.